The number of carbonyl (C=O) groups excluding carboxylic acids is 2. The van der Waals surface area contributed by atoms with Gasteiger partial charge in [0.2, 0.25) is 5.91 Å². The average molecular weight is 389 g/mol. The predicted molar refractivity (Wildman–Crippen MR) is 102 cm³/mol. The molecule has 2 aromatic carbocycles. The minimum absolute atomic E-state index is 0.262. The van der Waals surface area contributed by atoms with Crippen LogP contribution in [0.1, 0.15) is 40.9 Å². The van der Waals surface area contributed by atoms with Crippen molar-refractivity contribution in [3.8, 4) is 5.75 Å². The summed E-state index contributed by atoms with van der Waals surface area (Å²) in [6.45, 7) is 3.46. The fourth-order valence-electron chi connectivity index (χ4n) is 3.42. The summed E-state index contributed by atoms with van der Waals surface area (Å²) >= 11 is 5.88. The SMILES string of the molecule is CCC(C(N)=O)c1c(C)n(C(=O)c2ccc(Cl)cc2)c2cc(F)c(O)cc12. The molecular weight excluding hydrogens is 371 g/mol. The zero-order chi connectivity index (χ0) is 19.9. The minimum Gasteiger partial charge on any atom is -0.505 e. The summed E-state index contributed by atoms with van der Waals surface area (Å²) in [7, 11) is 0. The van der Waals surface area contributed by atoms with Gasteiger partial charge in [-0.1, -0.05) is 18.5 Å². The molecule has 1 atom stereocenters. The minimum atomic E-state index is -0.858. The second-order valence-corrected chi connectivity index (χ2v) is 6.77. The largest absolute Gasteiger partial charge is 0.505 e. The van der Waals surface area contributed by atoms with Crippen LogP contribution >= 0.6 is 11.6 Å². The lowest BCUT2D eigenvalue weighted by Crippen LogP contribution is -2.22. The first-order chi connectivity index (χ1) is 12.8. The monoisotopic (exact) mass is 388 g/mol. The van der Waals surface area contributed by atoms with Gasteiger partial charge in [-0.05, 0) is 49.2 Å². The molecule has 0 bridgehead atoms. The maximum absolute atomic E-state index is 14.0. The number of rotatable bonds is 4. The Bertz CT molecular complexity index is 1060. The maximum atomic E-state index is 14.0. The van der Waals surface area contributed by atoms with E-state index in [2.05, 4.69) is 0 Å². The van der Waals surface area contributed by atoms with Crippen LogP contribution in [0.15, 0.2) is 36.4 Å². The molecule has 0 radical (unpaired) electrons. The Morgan fingerprint density at radius 2 is 1.89 bits per heavy atom. The molecule has 1 unspecified atom stereocenters. The smallest absolute Gasteiger partial charge is 0.262 e. The van der Waals surface area contributed by atoms with Gasteiger partial charge in [-0.2, -0.15) is 0 Å². The standard InChI is InChI=1S/C20H18ClFN2O3/c1-3-13(19(23)26)18-10(2)24(16-9-15(22)17(25)8-14(16)18)20(27)11-4-6-12(21)7-5-11/h4-9,13,25H,3H2,1-2H3,(H2,23,26). The summed E-state index contributed by atoms with van der Waals surface area (Å²) in [5.74, 6) is -3.04. The number of nitrogens with two attached hydrogens (primary N) is 1. The van der Waals surface area contributed by atoms with Crippen molar-refractivity contribution < 1.29 is 19.1 Å². The number of phenols is 1. The number of nitrogens with zero attached hydrogens (tertiary/aromatic N) is 1. The number of fused-ring (bicyclic) bond motifs is 1. The lowest BCUT2D eigenvalue weighted by molar-refractivity contribution is -0.119. The van der Waals surface area contributed by atoms with E-state index in [1.54, 1.807) is 38.1 Å². The summed E-state index contributed by atoms with van der Waals surface area (Å²) in [6.07, 6.45) is 0.405. The first-order valence-electron chi connectivity index (χ1n) is 8.39. The molecule has 27 heavy (non-hydrogen) atoms. The van der Waals surface area contributed by atoms with Gasteiger partial charge in [-0.15, -0.1) is 0 Å². The highest BCUT2D eigenvalue weighted by molar-refractivity contribution is 6.30. The van der Waals surface area contributed by atoms with E-state index in [-0.39, 0.29) is 5.52 Å². The van der Waals surface area contributed by atoms with Crippen molar-refractivity contribution >= 4 is 34.3 Å². The number of primary amides is 1. The number of hydrogen-bond acceptors (Lipinski definition) is 3. The molecule has 7 heteroatoms. The third kappa shape index (κ3) is 3.17. The van der Waals surface area contributed by atoms with Crippen LogP contribution in [0.25, 0.3) is 10.9 Å². The second kappa shape index (κ2) is 7.04. The molecular formula is C20H18ClFN2O3. The van der Waals surface area contributed by atoms with E-state index in [0.29, 0.717) is 33.7 Å². The van der Waals surface area contributed by atoms with E-state index in [4.69, 9.17) is 17.3 Å². The zero-order valence-electron chi connectivity index (χ0n) is 14.8. The van der Waals surface area contributed by atoms with Crippen molar-refractivity contribution in [2.24, 2.45) is 5.73 Å². The summed E-state index contributed by atoms with van der Waals surface area (Å²) in [5, 5.41) is 10.7. The van der Waals surface area contributed by atoms with Crippen molar-refractivity contribution in [3.05, 3.63) is 64.1 Å². The molecule has 5 nitrogen and oxygen atoms in total. The summed E-state index contributed by atoms with van der Waals surface area (Å²) < 4.78 is 15.4. The molecule has 140 valence electrons. The van der Waals surface area contributed by atoms with Crippen molar-refractivity contribution in [2.75, 3.05) is 0 Å². The van der Waals surface area contributed by atoms with Gasteiger partial charge in [0.1, 0.15) is 0 Å². The van der Waals surface area contributed by atoms with Crippen molar-refractivity contribution in [2.45, 2.75) is 26.2 Å². The number of carbonyl (C=O) groups is 2. The lowest BCUT2D eigenvalue weighted by atomic mass is 9.93. The highest BCUT2D eigenvalue weighted by Gasteiger charge is 2.28. The summed E-state index contributed by atoms with van der Waals surface area (Å²) in [4.78, 5) is 25.0. The Morgan fingerprint density at radius 3 is 2.44 bits per heavy atom. The molecule has 0 spiro atoms. The van der Waals surface area contributed by atoms with Gasteiger partial charge < -0.3 is 10.8 Å². The van der Waals surface area contributed by atoms with Gasteiger partial charge in [-0.25, -0.2) is 4.39 Å². The number of hydrogen-bond donors (Lipinski definition) is 2. The normalized spacial score (nSPS) is 12.3. The summed E-state index contributed by atoms with van der Waals surface area (Å²) in [5.41, 5.74) is 7.14. The van der Waals surface area contributed by atoms with E-state index in [1.165, 1.54) is 10.6 Å². The van der Waals surface area contributed by atoms with E-state index in [1.807, 2.05) is 0 Å². The lowest BCUT2D eigenvalue weighted by Gasteiger charge is -2.12. The van der Waals surface area contributed by atoms with Gasteiger partial charge in [0, 0.05) is 27.7 Å². The van der Waals surface area contributed by atoms with Gasteiger partial charge in [0.15, 0.2) is 11.6 Å². The van der Waals surface area contributed by atoms with Crippen LogP contribution in [0.4, 0.5) is 4.39 Å². The van der Waals surface area contributed by atoms with E-state index >= 15 is 0 Å². The first kappa shape index (κ1) is 18.9. The number of aromatic hydroxyl groups is 1. The van der Waals surface area contributed by atoms with Crippen LogP contribution < -0.4 is 5.73 Å². The highest BCUT2D eigenvalue weighted by Crippen LogP contribution is 2.37. The molecule has 1 amide bonds. The number of halogens is 2. The molecule has 3 N–H and O–H groups in total. The molecule has 1 aromatic heterocycles. The maximum Gasteiger partial charge on any atom is 0.262 e. The van der Waals surface area contributed by atoms with Crippen molar-refractivity contribution in [1.82, 2.24) is 4.57 Å². The fourth-order valence-corrected chi connectivity index (χ4v) is 3.54. The second-order valence-electron chi connectivity index (χ2n) is 6.33. The third-order valence-electron chi connectivity index (χ3n) is 4.72. The van der Waals surface area contributed by atoms with Crippen LogP contribution in [0.2, 0.25) is 5.02 Å². The molecule has 0 saturated carbocycles. The molecule has 1 heterocycles. The number of aromatic nitrogens is 1. The zero-order valence-corrected chi connectivity index (χ0v) is 15.5. The van der Waals surface area contributed by atoms with Crippen LogP contribution in [0.3, 0.4) is 0 Å². The van der Waals surface area contributed by atoms with Crippen LogP contribution in [-0.4, -0.2) is 21.5 Å². The number of phenolic OH excluding ortho intramolecular Hbond substituents is 1. The highest BCUT2D eigenvalue weighted by atomic mass is 35.5. The van der Waals surface area contributed by atoms with Gasteiger partial charge in [-0.3, -0.25) is 14.2 Å². The van der Waals surface area contributed by atoms with Crippen LogP contribution in [0.5, 0.6) is 5.75 Å². The van der Waals surface area contributed by atoms with Crippen LogP contribution in [0, 0.1) is 12.7 Å². The Balaban J connectivity index is 2.34. The van der Waals surface area contributed by atoms with E-state index in [9.17, 15) is 19.1 Å². The van der Waals surface area contributed by atoms with E-state index < -0.39 is 29.3 Å². The molecule has 0 aliphatic heterocycles. The Hall–Kier alpha value is -2.86. The van der Waals surface area contributed by atoms with Crippen LogP contribution in [-0.2, 0) is 4.79 Å². The molecule has 3 rings (SSSR count). The van der Waals surface area contributed by atoms with Crippen molar-refractivity contribution in [3.63, 3.8) is 0 Å². The average Bonchev–Trinajstić information content (AvgIpc) is 2.88. The van der Waals surface area contributed by atoms with Gasteiger partial charge in [0.05, 0.1) is 11.4 Å². The number of benzene rings is 2. The Morgan fingerprint density at radius 1 is 1.26 bits per heavy atom. The number of amides is 1. The summed E-state index contributed by atoms with van der Waals surface area (Å²) in [6, 6.07) is 8.62. The molecule has 3 aromatic rings. The molecule has 0 aliphatic rings. The predicted octanol–water partition coefficient (Wildman–Crippen LogP) is 4.12. The van der Waals surface area contributed by atoms with Gasteiger partial charge >= 0.3 is 0 Å². The topological polar surface area (TPSA) is 85.3 Å². The molecule has 0 fully saturated rings. The fraction of sp³-hybridized carbons (Fsp3) is 0.200. The van der Waals surface area contributed by atoms with Crippen molar-refractivity contribution in [1.29, 1.82) is 0 Å². The Kier molecular flexibility index (Phi) is 4.93. The molecule has 0 saturated heterocycles. The quantitative estimate of drug-likeness (QED) is 0.705. The third-order valence-corrected chi connectivity index (χ3v) is 4.97. The Labute approximate surface area is 160 Å². The molecule has 0 aliphatic carbocycles. The first-order valence-corrected chi connectivity index (χ1v) is 8.77. The van der Waals surface area contributed by atoms with Gasteiger partial charge in [0.25, 0.3) is 5.91 Å². The van der Waals surface area contributed by atoms with E-state index in [0.717, 1.165) is 6.07 Å².